The van der Waals surface area contributed by atoms with Crippen LogP contribution in [0.4, 0.5) is 5.69 Å². The van der Waals surface area contributed by atoms with E-state index in [0.29, 0.717) is 31.1 Å². The summed E-state index contributed by atoms with van der Waals surface area (Å²) in [6.45, 7) is 5.41. The van der Waals surface area contributed by atoms with Gasteiger partial charge in [-0.25, -0.2) is 0 Å². The molecule has 0 aliphatic carbocycles. The van der Waals surface area contributed by atoms with E-state index in [4.69, 9.17) is 9.47 Å². The fourth-order valence-electron chi connectivity index (χ4n) is 3.79. The number of ether oxygens (including phenoxy) is 2. The number of amides is 2. The zero-order chi connectivity index (χ0) is 20.2. The molecule has 4 rings (SSSR count). The second-order valence-electron chi connectivity index (χ2n) is 7.25. The molecule has 0 aromatic heterocycles. The van der Waals surface area contributed by atoms with Crippen molar-refractivity contribution in [3.8, 4) is 11.5 Å². The van der Waals surface area contributed by atoms with Crippen molar-refractivity contribution in [1.29, 1.82) is 0 Å². The lowest BCUT2D eigenvalue weighted by Crippen LogP contribution is -2.38. The van der Waals surface area contributed by atoms with Gasteiger partial charge in [0.1, 0.15) is 0 Å². The summed E-state index contributed by atoms with van der Waals surface area (Å²) in [5, 5.41) is 0. The minimum atomic E-state index is -0.358. The Morgan fingerprint density at radius 3 is 2.76 bits per heavy atom. The first-order chi connectivity index (χ1) is 14.2. The summed E-state index contributed by atoms with van der Waals surface area (Å²) < 4.78 is 10.7. The molecule has 1 unspecified atom stereocenters. The Kier molecular flexibility index (Phi) is 5.51. The highest BCUT2D eigenvalue weighted by Gasteiger charge is 2.37. The maximum atomic E-state index is 13.1. The Morgan fingerprint density at radius 2 is 1.97 bits per heavy atom. The van der Waals surface area contributed by atoms with E-state index < -0.39 is 0 Å². The molecule has 2 aliphatic rings. The Labute approximate surface area is 170 Å². The molecule has 0 N–H and O–H groups in total. The van der Waals surface area contributed by atoms with Crippen molar-refractivity contribution in [2.75, 3.05) is 31.3 Å². The fraction of sp³-hybridized carbons (Fsp3) is 0.304. The van der Waals surface area contributed by atoms with E-state index in [0.717, 1.165) is 12.1 Å². The minimum Gasteiger partial charge on any atom is -0.454 e. The van der Waals surface area contributed by atoms with Crippen molar-refractivity contribution in [3.63, 3.8) is 0 Å². The first-order valence-electron chi connectivity index (χ1n) is 9.79. The molecule has 2 aliphatic heterocycles. The van der Waals surface area contributed by atoms with Crippen LogP contribution in [-0.2, 0) is 16.0 Å². The predicted octanol–water partition coefficient (Wildman–Crippen LogP) is 3.03. The van der Waals surface area contributed by atoms with Gasteiger partial charge in [0, 0.05) is 37.8 Å². The molecule has 2 amide bonds. The van der Waals surface area contributed by atoms with Gasteiger partial charge < -0.3 is 19.3 Å². The van der Waals surface area contributed by atoms with Crippen LogP contribution in [0.1, 0.15) is 12.0 Å². The van der Waals surface area contributed by atoms with Crippen molar-refractivity contribution in [2.24, 2.45) is 5.92 Å². The number of nitrogens with zero attached hydrogens (tertiary/aromatic N) is 2. The van der Waals surface area contributed by atoms with Gasteiger partial charge >= 0.3 is 0 Å². The fourth-order valence-corrected chi connectivity index (χ4v) is 3.79. The van der Waals surface area contributed by atoms with Crippen molar-refractivity contribution in [1.82, 2.24) is 4.90 Å². The van der Waals surface area contributed by atoms with Crippen LogP contribution in [0.2, 0.25) is 0 Å². The molecule has 2 aromatic rings. The van der Waals surface area contributed by atoms with Crippen molar-refractivity contribution < 1.29 is 19.1 Å². The lowest BCUT2D eigenvalue weighted by molar-refractivity contribution is -0.135. The van der Waals surface area contributed by atoms with Gasteiger partial charge in [0.05, 0.1) is 5.92 Å². The van der Waals surface area contributed by atoms with Gasteiger partial charge in [0.2, 0.25) is 18.6 Å². The summed E-state index contributed by atoms with van der Waals surface area (Å²) in [5.74, 6) is 0.886. The first kappa shape index (κ1) is 19.1. The highest BCUT2D eigenvalue weighted by atomic mass is 16.7. The number of fused-ring (bicyclic) bond motifs is 1. The van der Waals surface area contributed by atoms with Gasteiger partial charge in [-0.15, -0.1) is 6.58 Å². The second kappa shape index (κ2) is 8.39. The van der Waals surface area contributed by atoms with Crippen LogP contribution in [0.5, 0.6) is 11.5 Å². The number of anilines is 1. The number of carbonyl (C=O) groups is 2. The molecule has 1 atom stereocenters. The van der Waals surface area contributed by atoms with Gasteiger partial charge in [0.25, 0.3) is 0 Å². The molecule has 0 radical (unpaired) electrons. The maximum Gasteiger partial charge on any atom is 0.231 e. The van der Waals surface area contributed by atoms with Gasteiger partial charge in [-0.05, 0) is 24.1 Å². The third-order valence-electron chi connectivity index (χ3n) is 5.32. The molecule has 6 nitrogen and oxygen atoms in total. The number of hydrogen-bond donors (Lipinski definition) is 0. The normalized spacial score (nSPS) is 17.4. The lowest BCUT2D eigenvalue weighted by Gasteiger charge is -2.24. The SMILES string of the molecule is C=CCN(CCc1ccccc1)C(=O)C1CC(=O)N(c2ccc3c(c2)OCO3)C1. The monoisotopic (exact) mass is 392 g/mol. The largest absolute Gasteiger partial charge is 0.454 e. The number of carbonyl (C=O) groups excluding carboxylic acids is 2. The molecule has 150 valence electrons. The van der Waals surface area contributed by atoms with Gasteiger partial charge in [0.15, 0.2) is 11.5 Å². The molecule has 0 saturated carbocycles. The summed E-state index contributed by atoms with van der Waals surface area (Å²) in [4.78, 5) is 29.2. The minimum absolute atomic E-state index is 0.00238. The van der Waals surface area contributed by atoms with Crippen molar-refractivity contribution >= 4 is 17.5 Å². The summed E-state index contributed by atoms with van der Waals surface area (Å²) in [5.41, 5.74) is 1.91. The summed E-state index contributed by atoms with van der Waals surface area (Å²) in [6, 6.07) is 15.5. The molecule has 2 heterocycles. The van der Waals surface area contributed by atoms with Crippen LogP contribution in [-0.4, -0.2) is 43.1 Å². The van der Waals surface area contributed by atoms with Crippen LogP contribution < -0.4 is 14.4 Å². The average molecular weight is 392 g/mol. The van der Waals surface area contributed by atoms with E-state index >= 15 is 0 Å². The van der Waals surface area contributed by atoms with Crippen LogP contribution in [0, 0.1) is 5.92 Å². The van der Waals surface area contributed by atoms with Gasteiger partial charge in [-0.1, -0.05) is 36.4 Å². The summed E-state index contributed by atoms with van der Waals surface area (Å²) in [7, 11) is 0. The molecule has 1 saturated heterocycles. The number of benzene rings is 2. The van der Waals surface area contributed by atoms with Crippen LogP contribution in [0.15, 0.2) is 61.2 Å². The van der Waals surface area contributed by atoms with Gasteiger partial charge in [-0.3, -0.25) is 9.59 Å². The maximum absolute atomic E-state index is 13.1. The standard InChI is InChI=1S/C23H24N2O4/c1-2-11-24(12-10-17-6-4-3-5-7-17)23(27)18-13-22(26)25(15-18)19-8-9-20-21(14-19)29-16-28-20/h2-9,14,18H,1,10-13,15-16H2. The van der Waals surface area contributed by atoms with E-state index in [-0.39, 0.29) is 30.9 Å². The molecule has 29 heavy (non-hydrogen) atoms. The topological polar surface area (TPSA) is 59.1 Å². The van der Waals surface area contributed by atoms with E-state index in [1.54, 1.807) is 28.0 Å². The highest BCUT2D eigenvalue weighted by Crippen LogP contribution is 2.37. The zero-order valence-electron chi connectivity index (χ0n) is 16.3. The zero-order valence-corrected chi connectivity index (χ0v) is 16.3. The molecule has 0 bridgehead atoms. The quantitative estimate of drug-likeness (QED) is 0.680. The Balaban J connectivity index is 1.43. The molecule has 0 spiro atoms. The third-order valence-corrected chi connectivity index (χ3v) is 5.32. The van der Waals surface area contributed by atoms with E-state index in [1.165, 1.54) is 5.56 Å². The molecule has 1 fully saturated rings. The Bertz CT molecular complexity index is 912. The molecule has 6 heteroatoms. The van der Waals surface area contributed by atoms with E-state index in [9.17, 15) is 9.59 Å². The Morgan fingerprint density at radius 1 is 1.17 bits per heavy atom. The first-order valence-corrected chi connectivity index (χ1v) is 9.79. The number of hydrogen-bond acceptors (Lipinski definition) is 4. The second-order valence-corrected chi connectivity index (χ2v) is 7.25. The van der Waals surface area contributed by atoms with E-state index in [2.05, 4.69) is 18.7 Å². The predicted molar refractivity (Wildman–Crippen MR) is 110 cm³/mol. The molecular weight excluding hydrogens is 368 g/mol. The van der Waals surface area contributed by atoms with Gasteiger partial charge in [-0.2, -0.15) is 0 Å². The van der Waals surface area contributed by atoms with E-state index in [1.807, 2.05) is 24.3 Å². The summed E-state index contributed by atoms with van der Waals surface area (Å²) >= 11 is 0. The molecular formula is C23H24N2O4. The number of rotatable bonds is 7. The van der Waals surface area contributed by atoms with Crippen LogP contribution >= 0.6 is 0 Å². The third kappa shape index (κ3) is 4.11. The van der Waals surface area contributed by atoms with Crippen LogP contribution in [0.3, 0.4) is 0 Å². The Hall–Kier alpha value is -3.28. The smallest absolute Gasteiger partial charge is 0.231 e. The molecule has 2 aromatic carbocycles. The van der Waals surface area contributed by atoms with Crippen LogP contribution in [0.25, 0.3) is 0 Å². The lowest BCUT2D eigenvalue weighted by atomic mass is 10.1. The van der Waals surface area contributed by atoms with Crippen molar-refractivity contribution in [3.05, 3.63) is 66.7 Å². The van der Waals surface area contributed by atoms with Crippen molar-refractivity contribution in [2.45, 2.75) is 12.8 Å². The average Bonchev–Trinajstić information content (AvgIpc) is 3.37. The highest BCUT2D eigenvalue weighted by molar-refractivity contribution is 6.00. The summed E-state index contributed by atoms with van der Waals surface area (Å²) in [6.07, 6.45) is 2.72.